The Morgan fingerprint density at radius 1 is 1.60 bits per heavy atom. The number of nitrogens with zero attached hydrogens (tertiary/aromatic N) is 1. The van der Waals surface area contributed by atoms with E-state index >= 15 is 0 Å². The summed E-state index contributed by atoms with van der Waals surface area (Å²) in [7, 11) is 0. The van der Waals surface area contributed by atoms with Crippen LogP contribution in [0.1, 0.15) is 17.3 Å². The number of aromatic nitrogens is 2. The van der Waals surface area contributed by atoms with Crippen LogP contribution in [0.5, 0.6) is 0 Å². The Labute approximate surface area is 91.2 Å². The number of hydrogen-bond acceptors (Lipinski definition) is 3. The number of hydrogen-bond donors (Lipinski definition) is 1. The highest BCUT2D eigenvalue weighted by Crippen LogP contribution is 2.21. The van der Waals surface area contributed by atoms with Gasteiger partial charge in [-0.2, -0.15) is 0 Å². The number of imidazole rings is 1. The second-order valence-electron chi connectivity index (χ2n) is 2.97. The van der Waals surface area contributed by atoms with E-state index in [1.807, 2.05) is 0 Å². The average Bonchev–Trinajstić information content (AvgIpc) is 2.64. The van der Waals surface area contributed by atoms with Crippen LogP contribution in [0.3, 0.4) is 0 Å². The van der Waals surface area contributed by atoms with Crippen LogP contribution < -0.4 is 0 Å². The largest absolute Gasteiger partial charge is 0.462 e. The second-order valence-corrected chi connectivity index (χ2v) is 3.41. The summed E-state index contributed by atoms with van der Waals surface area (Å²) in [4.78, 5) is 18.5. The maximum absolute atomic E-state index is 11.6. The molecule has 0 amide bonds. The van der Waals surface area contributed by atoms with Crippen molar-refractivity contribution in [3.8, 4) is 0 Å². The topological polar surface area (TPSA) is 55.0 Å². The molecule has 4 nitrogen and oxygen atoms in total. The van der Waals surface area contributed by atoms with Crippen molar-refractivity contribution in [1.29, 1.82) is 0 Å². The molecule has 15 heavy (non-hydrogen) atoms. The van der Waals surface area contributed by atoms with Gasteiger partial charge in [-0.15, -0.1) is 0 Å². The van der Waals surface area contributed by atoms with E-state index in [1.54, 1.807) is 19.1 Å². The van der Waals surface area contributed by atoms with Gasteiger partial charge in [0.1, 0.15) is 5.52 Å². The normalized spacial score (nSPS) is 10.5. The van der Waals surface area contributed by atoms with E-state index < -0.39 is 5.97 Å². The monoisotopic (exact) mass is 224 g/mol. The molecule has 0 spiro atoms. The molecule has 2 aromatic rings. The molecular formula is C10H9ClN2O2. The van der Waals surface area contributed by atoms with Gasteiger partial charge < -0.3 is 9.72 Å². The molecule has 0 saturated carbocycles. The number of nitrogens with one attached hydrogen (secondary N) is 1. The lowest BCUT2D eigenvalue weighted by molar-refractivity contribution is 0.0528. The zero-order chi connectivity index (χ0) is 10.8. The van der Waals surface area contributed by atoms with Crippen LogP contribution in [0.2, 0.25) is 5.02 Å². The molecule has 5 heteroatoms. The Bertz CT molecular complexity index is 507. The predicted molar refractivity (Wildman–Crippen MR) is 57.1 cm³/mol. The fourth-order valence-corrected chi connectivity index (χ4v) is 1.60. The fraction of sp³-hybridized carbons (Fsp3) is 0.200. The van der Waals surface area contributed by atoms with Crippen LogP contribution in [0, 0.1) is 0 Å². The molecular weight excluding hydrogens is 216 g/mol. The summed E-state index contributed by atoms with van der Waals surface area (Å²) in [5.41, 5.74) is 1.70. The summed E-state index contributed by atoms with van der Waals surface area (Å²) in [6.45, 7) is 2.08. The number of halogens is 1. The summed E-state index contributed by atoms with van der Waals surface area (Å²) in [6, 6.07) is 3.27. The minimum absolute atomic E-state index is 0.331. The van der Waals surface area contributed by atoms with Gasteiger partial charge in [0.15, 0.2) is 0 Å². The summed E-state index contributed by atoms with van der Waals surface area (Å²) < 4.78 is 4.91. The quantitative estimate of drug-likeness (QED) is 0.797. The van der Waals surface area contributed by atoms with Crippen LogP contribution in [0.15, 0.2) is 18.5 Å². The summed E-state index contributed by atoms with van der Waals surface area (Å²) in [5.74, 6) is -0.405. The third-order valence-electron chi connectivity index (χ3n) is 1.98. The van der Waals surface area contributed by atoms with E-state index in [9.17, 15) is 4.79 Å². The molecule has 0 radical (unpaired) electrons. The van der Waals surface area contributed by atoms with Crippen molar-refractivity contribution in [2.24, 2.45) is 0 Å². The summed E-state index contributed by atoms with van der Waals surface area (Å²) in [5, 5.41) is 0.481. The molecule has 0 saturated heterocycles. The van der Waals surface area contributed by atoms with E-state index in [0.717, 1.165) is 5.52 Å². The highest BCUT2D eigenvalue weighted by atomic mass is 35.5. The predicted octanol–water partition coefficient (Wildman–Crippen LogP) is 2.39. The average molecular weight is 225 g/mol. The first-order chi connectivity index (χ1) is 7.22. The van der Waals surface area contributed by atoms with Gasteiger partial charge in [0.2, 0.25) is 0 Å². The minimum Gasteiger partial charge on any atom is -0.462 e. The van der Waals surface area contributed by atoms with Gasteiger partial charge in [-0.1, -0.05) is 11.6 Å². The zero-order valence-electron chi connectivity index (χ0n) is 8.08. The van der Waals surface area contributed by atoms with Crippen LogP contribution >= 0.6 is 11.6 Å². The lowest BCUT2D eigenvalue weighted by atomic mass is 10.2. The lowest BCUT2D eigenvalue weighted by Gasteiger charge is -2.02. The number of ether oxygens (including phenoxy) is 1. The van der Waals surface area contributed by atoms with Gasteiger partial charge >= 0.3 is 5.97 Å². The molecule has 0 bridgehead atoms. The molecule has 1 N–H and O–H groups in total. The smallest absolute Gasteiger partial charge is 0.340 e. The van der Waals surface area contributed by atoms with E-state index in [0.29, 0.717) is 22.7 Å². The minimum atomic E-state index is -0.405. The highest BCUT2D eigenvalue weighted by molar-refractivity contribution is 6.31. The first-order valence-corrected chi connectivity index (χ1v) is 4.90. The van der Waals surface area contributed by atoms with E-state index in [2.05, 4.69) is 9.97 Å². The second kappa shape index (κ2) is 3.90. The van der Waals surface area contributed by atoms with Crippen molar-refractivity contribution < 1.29 is 9.53 Å². The maximum atomic E-state index is 11.6. The van der Waals surface area contributed by atoms with Gasteiger partial charge in [0, 0.05) is 5.02 Å². The van der Waals surface area contributed by atoms with Gasteiger partial charge in [-0.3, -0.25) is 0 Å². The standard InChI is InChI=1S/C10H9ClN2O2/c1-2-15-10(14)7-3-6(11)4-8-9(7)13-5-12-8/h3-5H,2H2,1H3,(H,12,13). The molecule has 0 unspecified atom stereocenters. The SMILES string of the molecule is CCOC(=O)c1cc(Cl)cc2[nH]cnc12. The van der Waals surface area contributed by atoms with Crippen LogP contribution in [0.4, 0.5) is 0 Å². The third kappa shape index (κ3) is 1.80. The Kier molecular flexibility index (Phi) is 2.60. The van der Waals surface area contributed by atoms with Crippen molar-refractivity contribution in [3.05, 3.63) is 29.0 Å². The molecule has 1 heterocycles. The number of benzene rings is 1. The Balaban J connectivity index is 2.57. The molecule has 0 atom stereocenters. The Hall–Kier alpha value is -1.55. The third-order valence-corrected chi connectivity index (χ3v) is 2.20. The van der Waals surface area contributed by atoms with Gasteiger partial charge in [-0.25, -0.2) is 9.78 Å². The molecule has 0 aliphatic rings. The molecule has 78 valence electrons. The lowest BCUT2D eigenvalue weighted by Crippen LogP contribution is -2.05. The van der Waals surface area contributed by atoms with E-state index in [1.165, 1.54) is 6.33 Å². The van der Waals surface area contributed by atoms with Crippen molar-refractivity contribution in [2.45, 2.75) is 6.92 Å². The van der Waals surface area contributed by atoms with Crippen molar-refractivity contribution in [2.75, 3.05) is 6.61 Å². The first-order valence-electron chi connectivity index (χ1n) is 4.52. The van der Waals surface area contributed by atoms with E-state index in [-0.39, 0.29) is 0 Å². The molecule has 1 aromatic carbocycles. The number of H-pyrrole nitrogens is 1. The Morgan fingerprint density at radius 3 is 3.13 bits per heavy atom. The number of esters is 1. The fourth-order valence-electron chi connectivity index (χ4n) is 1.38. The molecule has 0 aliphatic heterocycles. The van der Waals surface area contributed by atoms with Crippen LogP contribution in [-0.2, 0) is 4.74 Å². The number of fused-ring (bicyclic) bond motifs is 1. The molecule has 1 aromatic heterocycles. The van der Waals surface area contributed by atoms with E-state index in [4.69, 9.17) is 16.3 Å². The molecule has 0 aliphatic carbocycles. The maximum Gasteiger partial charge on any atom is 0.340 e. The first kappa shape index (κ1) is 9.98. The number of carbonyl (C=O) groups is 1. The van der Waals surface area contributed by atoms with Crippen molar-refractivity contribution in [1.82, 2.24) is 9.97 Å². The Morgan fingerprint density at radius 2 is 2.40 bits per heavy atom. The van der Waals surface area contributed by atoms with Crippen molar-refractivity contribution >= 4 is 28.6 Å². The summed E-state index contributed by atoms with van der Waals surface area (Å²) >= 11 is 5.87. The number of aromatic amines is 1. The van der Waals surface area contributed by atoms with Gasteiger partial charge in [0.25, 0.3) is 0 Å². The summed E-state index contributed by atoms with van der Waals surface area (Å²) in [6.07, 6.45) is 1.52. The number of rotatable bonds is 2. The molecule has 0 fully saturated rings. The zero-order valence-corrected chi connectivity index (χ0v) is 8.84. The van der Waals surface area contributed by atoms with Crippen LogP contribution in [-0.4, -0.2) is 22.5 Å². The van der Waals surface area contributed by atoms with Gasteiger partial charge in [-0.05, 0) is 19.1 Å². The van der Waals surface area contributed by atoms with Crippen LogP contribution in [0.25, 0.3) is 11.0 Å². The molecule has 2 rings (SSSR count). The number of carbonyl (C=O) groups excluding carboxylic acids is 1. The van der Waals surface area contributed by atoms with Crippen molar-refractivity contribution in [3.63, 3.8) is 0 Å². The highest BCUT2D eigenvalue weighted by Gasteiger charge is 2.14. The van der Waals surface area contributed by atoms with Gasteiger partial charge in [0.05, 0.1) is 24.0 Å².